The van der Waals surface area contributed by atoms with E-state index in [9.17, 15) is 27.1 Å². The number of ether oxygens (including phenoxy) is 1. The van der Waals surface area contributed by atoms with Crippen LogP contribution in [0.5, 0.6) is 5.75 Å². The van der Waals surface area contributed by atoms with Gasteiger partial charge in [0.1, 0.15) is 22.0 Å². The first kappa shape index (κ1) is 27.0. The minimum absolute atomic E-state index is 0.0806. The van der Waals surface area contributed by atoms with E-state index in [1.54, 1.807) is 25.1 Å². The van der Waals surface area contributed by atoms with Crippen molar-refractivity contribution in [3.05, 3.63) is 65.9 Å². The molecule has 36 heavy (non-hydrogen) atoms. The van der Waals surface area contributed by atoms with Gasteiger partial charge < -0.3 is 15.2 Å². The summed E-state index contributed by atoms with van der Waals surface area (Å²) in [6.07, 6.45) is -0.0450. The van der Waals surface area contributed by atoms with Gasteiger partial charge in [0, 0.05) is 23.9 Å². The van der Waals surface area contributed by atoms with Gasteiger partial charge in [-0.25, -0.2) is 32.0 Å². The fourth-order valence-corrected chi connectivity index (χ4v) is 3.48. The molecule has 3 aromatic rings. The average molecular weight is 521 g/mol. The Morgan fingerprint density at radius 1 is 1.11 bits per heavy atom. The maximum Gasteiger partial charge on any atom is 0.417 e. The molecule has 0 unspecified atom stereocenters. The van der Waals surface area contributed by atoms with Crippen LogP contribution in [0.3, 0.4) is 0 Å². The molecule has 0 saturated heterocycles. The van der Waals surface area contributed by atoms with Gasteiger partial charge in [-0.3, -0.25) is 5.32 Å². The van der Waals surface area contributed by atoms with Crippen LogP contribution in [0.25, 0.3) is 11.4 Å². The third-order valence-electron chi connectivity index (χ3n) is 5.42. The second-order valence-electron chi connectivity index (χ2n) is 8.61. The first-order chi connectivity index (χ1) is 16.8. The highest BCUT2D eigenvalue weighted by Crippen LogP contribution is 2.32. The van der Waals surface area contributed by atoms with Gasteiger partial charge in [0.25, 0.3) is 0 Å². The summed E-state index contributed by atoms with van der Waals surface area (Å²) in [5.74, 6) is -2.06. The van der Waals surface area contributed by atoms with E-state index in [-0.39, 0.29) is 35.3 Å². The minimum Gasteiger partial charge on any atom is -0.410 e. The number of anilines is 2. The molecule has 0 bridgehead atoms. The summed E-state index contributed by atoms with van der Waals surface area (Å²) in [5.41, 5.74) is -0.755. The Bertz CT molecular complexity index is 1350. The molecule has 0 spiro atoms. The number of aliphatic hydroxyl groups excluding tert-OH is 1. The lowest BCUT2D eigenvalue weighted by atomic mass is 10.1. The zero-order chi connectivity index (χ0) is 26.7. The summed E-state index contributed by atoms with van der Waals surface area (Å²) in [7, 11) is -3.64. The number of carbonyl (C=O) groups excluding carboxylic acids is 1. The van der Waals surface area contributed by atoms with Crippen LogP contribution in [-0.4, -0.2) is 48.5 Å². The molecule has 192 valence electrons. The van der Waals surface area contributed by atoms with Crippen LogP contribution in [0.4, 0.5) is 25.1 Å². The van der Waals surface area contributed by atoms with Crippen molar-refractivity contribution in [1.82, 2.24) is 9.97 Å². The standard InChI is InChI=1S/C24H26F2N4O5S/c1-14(13-31)27-20-12-19(24(2,3)36(4,33)34)28-22(29-20)15-10-17(25)21(18(26)11-15)30-23(32)35-16-8-6-5-7-9-16/h5-12,14,31H,13H2,1-4H3,(H,30,32)(H,27,28,29)/t14-/m0/s1. The molecule has 0 fully saturated rings. The number of para-hydroxylation sites is 1. The lowest BCUT2D eigenvalue weighted by Crippen LogP contribution is -2.30. The summed E-state index contributed by atoms with van der Waals surface area (Å²) in [6, 6.07) is 10.7. The maximum absolute atomic E-state index is 14.9. The number of amides is 1. The zero-order valence-corrected chi connectivity index (χ0v) is 20.9. The largest absolute Gasteiger partial charge is 0.417 e. The number of aliphatic hydroxyl groups is 1. The van der Waals surface area contributed by atoms with Gasteiger partial charge in [-0.05, 0) is 45.0 Å². The van der Waals surface area contributed by atoms with Crippen molar-refractivity contribution in [3.63, 3.8) is 0 Å². The van der Waals surface area contributed by atoms with E-state index in [4.69, 9.17) is 4.74 Å². The lowest BCUT2D eigenvalue weighted by molar-refractivity contribution is 0.215. The van der Waals surface area contributed by atoms with Gasteiger partial charge in [0.2, 0.25) is 0 Å². The van der Waals surface area contributed by atoms with Gasteiger partial charge in [-0.2, -0.15) is 0 Å². The molecule has 1 amide bonds. The molecule has 3 N–H and O–H groups in total. The Kier molecular flexibility index (Phi) is 7.89. The number of benzene rings is 2. The number of nitrogens with one attached hydrogen (secondary N) is 2. The van der Waals surface area contributed by atoms with Crippen LogP contribution in [-0.2, 0) is 14.6 Å². The van der Waals surface area contributed by atoms with Gasteiger partial charge in [0.05, 0.1) is 12.3 Å². The molecule has 2 aromatic carbocycles. The number of carbonyl (C=O) groups is 1. The van der Waals surface area contributed by atoms with Crippen LogP contribution < -0.4 is 15.4 Å². The molecular formula is C24H26F2N4O5S. The summed E-state index contributed by atoms with van der Waals surface area (Å²) in [6.45, 7) is 4.31. The minimum atomic E-state index is -3.64. The lowest BCUT2D eigenvalue weighted by Gasteiger charge is -2.24. The van der Waals surface area contributed by atoms with E-state index in [0.29, 0.717) is 0 Å². The van der Waals surface area contributed by atoms with E-state index < -0.39 is 44.0 Å². The number of halogens is 2. The summed E-state index contributed by atoms with van der Waals surface area (Å²) in [5, 5.41) is 14.3. The third-order valence-corrected chi connectivity index (χ3v) is 7.48. The van der Waals surface area contributed by atoms with Gasteiger partial charge in [-0.15, -0.1) is 0 Å². The Morgan fingerprint density at radius 3 is 2.28 bits per heavy atom. The van der Waals surface area contributed by atoms with E-state index in [1.807, 2.05) is 5.32 Å². The second kappa shape index (κ2) is 10.5. The zero-order valence-electron chi connectivity index (χ0n) is 20.0. The van der Waals surface area contributed by atoms with Crippen molar-refractivity contribution in [2.75, 3.05) is 23.5 Å². The van der Waals surface area contributed by atoms with Crippen molar-refractivity contribution < 1.29 is 31.8 Å². The van der Waals surface area contributed by atoms with Crippen LogP contribution in [0.1, 0.15) is 26.5 Å². The highest BCUT2D eigenvalue weighted by molar-refractivity contribution is 7.91. The quantitative estimate of drug-likeness (QED) is 0.405. The maximum atomic E-state index is 14.9. The van der Waals surface area contributed by atoms with E-state index in [0.717, 1.165) is 18.4 Å². The van der Waals surface area contributed by atoms with Crippen molar-refractivity contribution in [2.24, 2.45) is 0 Å². The second-order valence-corrected chi connectivity index (χ2v) is 11.2. The molecule has 0 aliphatic heterocycles. The first-order valence-electron chi connectivity index (χ1n) is 10.8. The van der Waals surface area contributed by atoms with Crippen molar-refractivity contribution in [1.29, 1.82) is 0 Å². The molecule has 3 rings (SSSR count). The number of rotatable bonds is 8. The predicted molar refractivity (Wildman–Crippen MR) is 132 cm³/mol. The highest BCUT2D eigenvalue weighted by Gasteiger charge is 2.35. The highest BCUT2D eigenvalue weighted by atomic mass is 32.2. The molecule has 1 heterocycles. The Hall–Kier alpha value is -3.64. The first-order valence-corrected chi connectivity index (χ1v) is 12.7. The normalized spacial score (nSPS) is 12.6. The smallest absolute Gasteiger partial charge is 0.410 e. The molecule has 1 atom stereocenters. The van der Waals surface area contributed by atoms with Crippen LogP contribution >= 0.6 is 0 Å². The van der Waals surface area contributed by atoms with Gasteiger partial charge in [0.15, 0.2) is 27.3 Å². The fourth-order valence-electron chi connectivity index (χ4n) is 2.99. The summed E-state index contributed by atoms with van der Waals surface area (Å²) < 4.78 is 58.1. The Balaban J connectivity index is 2.00. The van der Waals surface area contributed by atoms with E-state index in [2.05, 4.69) is 15.3 Å². The van der Waals surface area contributed by atoms with E-state index in [1.165, 1.54) is 32.0 Å². The van der Waals surface area contributed by atoms with Crippen LogP contribution in [0.15, 0.2) is 48.5 Å². The number of aromatic nitrogens is 2. The monoisotopic (exact) mass is 520 g/mol. The molecule has 0 saturated carbocycles. The number of sulfone groups is 1. The number of hydrogen-bond donors (Lipinski definition) is 3. The van der Waals surface area contributed by atoms with Crippen LogP contribution in [0, 0.1) is 11.6 Å². The molecular weight excluding hydrogens is 494 g/mol. The molecule has 0 aliphatic rings. The molecule has 12 heteroatoms. The number of nitrogens with zero attached hydrogens (tertiary/aromatic N) is 2. The predicted octanol–water partition coefficient (Wildman–Crippen LogP) is 4.11. The average Bonchev–Trinajstić information content (AvgIpc) is 2.81. The van der Waals surface area contributed by atoms with Crippen LogP contribution in [0.2, 0.25) is 0 Å². The molecule has 0 aliphatic carbocycles. The summed E-state index contributed by atoms with van der Waals surface area (Å²) >= 11 is 0. The molecule has 0 radical (unpaired) electrons. The fraction of sp³-hybridized carbons (Fsp3) is 0.292. The third kappa shape index (κ3) is 6.13. The molecule has 9 nitrogen and oxygen atoms in total. The van der Waals surface area contributed by atoms with Crippen molar-refractivity contribution in [2.45, 2.75) is 31.6 Å². The summed E-state index contributed by atoms with van der Waals surface area (Å²) in [4.78, 5) is 20.6. The van der Waals surface area contributed by atoms with Crippen molar-refractivity contribution in [3.8, 4) is 17.1 Å². The topological polar surface area (TPSA) is 131 Å². The van der Waals surface area contributed by atoms with Gasteiger partial charge in [-0.1, -0.05) is 18.2 Å². The Labute approximate surface area is 207 Å². The van der Waals surface area contributed by atoms with Gasteiger partial charge >= 0.3 is 6.09 Å². The van der Waals surface area contributed by atoms with E-state index >= 15 is 0 Å². The number of hydrogen-bond acceptors (Lipinski definition) is 8. The Morgan fingerprint density at radius 2 is 1.72 bits per heavy atom. The molecule has 1 aromatic heterocycles. The SMILES string of the molecule is C[C@@H](CO)Nc1cc(C(C)(C)S(C)(=O)=O)nc(-c2cc(F)c(NC(=O)Oc3ccccc3)c(F)c2)n1. The van der Waals surface area contributed by atoms with Crippen molar-refractivity contribution >= 4 is 27.4 Å².